The number of fused-ring (bicyclic) bond motifs is 1. The average molecular weight is 305 g/mol. The molecule has 0 spiro atoms. The Morgan fingerprint density at radius 2 is 2.14 bits per heavy atom. The van der Waals surface area contributed by atoms with Crippen molar-refractivity contribution in [2.45, 2.75) is 44.2 Å². The maximum atomic E-state index is 12.3. The highest BCUT2D eigenvalue weighted by atomic mass is 32.2. The second kappa shape index (κ2) is 5.37. The van der Waals surface area contributed by atoms with Gasteiger partial charge in [-0.1, -0.05) is 29.8 Å². The summed E-state index contributed by atoms with van der Waals surface area (Å²) in [6.07, 6.45) is 1.35. The molecule has 1 aromatic carbocycles. The van der Waals surface area contributed by atoms with E-state index in [2.05, 4.69) is 0 Å². The van der Waals surface area contributed by atoms with Crippen LogP contribution in [0, 0.1) is 6.92 Å². The highest BCUT2D eigenvalue weighted by molar-refractivity contribution is 8.01. The summed E-state index contributed by atoms with van der Waals surface area (Å²) in [6.45, 7) is 4.32. The minimum Gasteiger partial charge on any atom is -0.459 e. The summed E-state index contributed by atoms with van der Waals surface area (Å²) in [5.74, 6) is 0.413. The first-order valence-electron chi connectivity index (χ1n) is 7.18. The van der Waals surface area contributed by atoms with Gasteiger partial charge in [0.15, 0.2) is 0 Å². The van der Waals surface area contributed by atoms with Gasteiger partial charge in [0.1, 0.15) is 12.6 Å². The van der Waals surface area contributed by atoms with Gasteiger partial charge in [-0.15, -0.1) is 11.8 Å². The molecule has 0 radical (unpaired) electrons. The van der Waals surface area contributed by atoms with E-state index in [1.54, 1.807) is 16.7 Å². The first-order valence-corrected chi connectivity index (χ1v) is 8.16. The molecule has 0 bridgehead atoms. The van der Waals surface area contributed by atoms with Gasteiger partial charge in [0, 0.05) is 12.2 Å². The summed E-state index contributed by atoms with van der Waals surface area (Å²) < 4.78 is 5.41. The molecular weight excluding hydrogens is 286 g/mol. The van der Waals surface area contributed by atoms with Gasteiger partial charge in [-0.05, 0) is 25.8 Å². The highest BCUT2D eigenvalue weighted by Crippen LogP contribution is 2.47. The summed E-state index contributed by atoms with van der Waals surface area (Å²) in [4.78, 5) is 25.8. The Kier molecular flexibility index (Phi) is 3.69. The fourth-order valence-corrected chi connectivity index (χ4v) is 4.35. The molecule has 5 heteroatoms. The van der Waals surface area contributed by atoms with Crippen molar-refractivity contribution in [3.63, 3.8) is 0 Å². The van der Waals surface area contributed by atoms with Gasteiger partial charge in [0.05, 0.1) is 4.87 Å². The molecule has 2 aliphatic rings. The third kappa shape index (κ3) is 2.67. The molecule has 21 heavy (non-hydrogen) atoms. The molecule has 0 unspecified atom stereocenters. The predicted molar refractivity (Wildman–Crippen MR) is 81.7 cm³/mol. The quantitative estimate of drug-likeness (QED) is 0.805. The number of carbonyl (C=O) groups is 2. The predicted octanol–water partition coefficient (Wildman–Crippen LogP) is 2.49. The first-order chi connectivity index (χ1) is 9.99. The van der Waals surface area contributed by atoms with Crippen molar-refractivity contribution in [2.75, 3.05) is 5.75 Å². The molecular formula is C16H19NO3S. The van der Waals surface area contributed by atoms with E-state index < -0.39 is 6.04 Å². The van der Waals surface area contributed by atoms with E-state index in [4.69, 9.17) is 4.74 Å². The van der Waals surface area contributed by atoms with E-state index >= 15 is 0 Å². The highest BCUT2D eigenvalue weighted by Gasteiger charge is 2.53. The Morgan fingerprint density at radius 3 is 2.86 bits per heavy atom. The molecule has 112 valence electrons. The third-order valence-electron chi connectivity index (χ3n) is 4.22. The topological polar surface area (TPSA) is 46.6 Å². The Morgan fingerprint density at radius 1 is 1.43 bits per heavy atom. The van der Waals surface area contributed by atoms with Crippen molar-refractivity contribution in [1.82, 2.24) is 4.90 Å². The van der Waals surface area contributed by atoms with Gasteiger partial charge in [0.25, 0.3) is 0 Å². The van der Waals surface area contributed by atoms with Crippen molar-refractivity contribution in [3.8, 4) is 0 Å². The van der Waals surface area contributed by atoms with Crippen LogP contribution in [0.25, 0.3) is 0 Å². The number of esters is 1. The van der Waals surface area contributed by atoms with Crippen LogP contribution in [0.4, 0.5) is 0 Å². The third-order valence-corrected chi connectivity index (χ3v) is 5.72. The summed E-state index contributed by atoms with van der Waals surface area (Å²) in [5.41, 5.74) is 2.14. The number of thioether (sulfide) groups is 1. The maximum Gasteiger partial charge on any atom is 0.330 e. The molecule has 2 aliphatic heterocycles. The smallest absolute Gasteiger partial charge is 0.330 e. The molecule has 2 atom stereocenters. The Balaban J connectivity index is 1.63. The number of nitrogens with zero attached hydrogens (tertiary/aromatic N) is 1. The molecule has 0 aromatic heterocycles. The molecule has 0 N–H and O–H groups in total. The van der Waals surface area contributed by atoms with E-state index in [9.17, 15) is 9.59 Å². The average Bonchev–Trinajstić information content (AvgIpc) is 2.95. The summed E-state index contributed by atoms with van der Waals surface area (Å²) >= 11 is 1.68. The van der Waals surface area contributed by atoms with Gasteiger partial charge in [0.2, 0.25) is 5.91 Å². The summed E-state index contributed by atoms with van der Waals surface area (Å²) in [6, 6.07) is 7.47. The van der Waals surface area contributed by atoms with Crippen molar-refractivity contribution in [3.05, 3.63) is 35.4 Å². The van der Waals surface area contributed by atoms with Crippen LogP contribution in [0.5, 0.6) is 0 Å². The molecule has 2 heterocycles. The Hall–Kier alpha value is -1.49. The lowest BCUT2D eigenvalue weighted by atomic mass is 10.2. The molecule has 4 nitrogen and oxygen atoms in total. The van der Waals surface area contributed by atoms with Crippen LogP contribution in [0.1, 0.15) is 30.9 Å². The van der Waals surface area contributed by atoms with Crippen molar-refractivity contribution in [1.29, 1.82) is 0 Å². The second-order valence-electron chi connectivity index (χ2n) is 5.86. The fraction of sp³-hybridized carbons (Fsp3) is 0.500. The van der Waals surface area contributed by atoms with E-state index in [1.165, 1.54) is 5.56 Å². The Bertz CT molecular complexity index is 571. The Labute approximate surface area is 128 Å². The van der Waals surface area contributed by atoms with Gasteiger partial charge >= 0.3 is 5.97 Å². The summed E-state index contributed by atoms with van der Waals surface area (Å²) in [7, 11) is 0. The number of hydrogen-bond acceptors (Lipinski definition) is 4. The minimum atomic E-state index is -0.430. The number of carbonyl (C=O) groups excluding carboxylic acids is 2. The van der Waals surface area contributed by atoms with Crippen LogP contribution in [0.15, 0.2) is 24.3 Å². The SMILES string of the molecule is Cc1ccc(COC(=O)[C@@H]2CS[C@]3(C)CCC(=O)N23)cc1. The van der Waals surface area contributed by atoms with E-state index in [-0.39, 0.29) is 23.4 Å². The number of hydrogen-bond donors (Lipinski definition) is 0. The van der Waals surface area contributed by atoms with Gasteiger partial charge in [-0.3, -0.25) is 4.79 Å². The lowest BCUT2D eigenvalue weighted by molar-refractivity contribution is -0.154. The van der Waals surface area contributed by atoms with E-state index in [0.717, 1.165) is 12.0 Å². The minimum absolute atomic E-state index is 0.0692. The summed E-state index contributed by atoms with van der Waals surface area (Å²) in [5, 5.41) is 0. The zero-order valence-corrected chi connectivity index (χ0v) is 13.1. The fourth-order valence-electron chi connectivity index (χ4n) is 2.93. The molecule has 2 saturated heterocycles. The van der Waals surface area contributed by atoms with Crippen molar-refractivity contribution in [2.24, 2.45) is 0 Å². The number of rotatable bonds is 3. The second-order valence-corrected chi connectivity index (χ2v) is 7.36. The van der Waals surface area contributed by atoms with Crippen molar-refractivity contribution >= 4 is 23.6 Å². The molecule has 1 aromatic rings. The van der Waals surface area contributed by atoms with Crippen LogP contribution in [-0.4, -0.2) is 33.4 Å². The van der Waals surface area contributed by atoms with E-state index in [1.807, 2.05) is 38.1 Å². The number of ether oxygens (including phenoxy) is 1. The lowest BCUT2D eigenvalue weighted by Gasteiger charge is -2.29. The van der Waals surface area contributed by atoms with Crippen LogP contribution in [0.2, 0.25) is 0 Å². The zero-order valence-electron chi connectivity index (χ0n) is 12.3. The standard InChI is InChI=1S/C16H19NO3S/c1-11-3-5-12(6-4-11)9-20-15(19)13-10-21-16(2)8-7-14(18)17(13)16/h3-6,13H,7-10H2,1-2H3/t13-,16+/m0/s1. The zero-order chi connectivity index (χ0) is 15.0. The first kappa shape index (κ1) is 14.4. The molecule has 0 aliphatic carbocycles. The number of aryl methyl sites for hydroxylation is 1. The van der Waals surface area contributed by atoms with Gasteiger partial charge < -0.3 is 9.64 Å². The van der Waals surface area contributed by atoms with Crippen LogP contribution < -0.4 is 0 Å². The normalized spacial score (nSPS) is 27.8. The van der Waals surface area contributed by atoms with Crippen molar-refractivity contribution < 1.29 is 14.3 Å². The van der Waals surface area contributed by atoms with Crippen LogP contribution in [-0.2, 0) is 20.9 Å². The maximum absolute atomic E-state index is 12.3. The van der Waals surface area contributed by atoms with E-state index in [0.29, 0.717) is 12.2 Å². The van der Waals surface area contributed by atoms with Crippen LogP contribution >= 0.6 is 11.8 Å². The van der Waals surface area contributed by atoms with Crippen LogP contribution in [0.3, 0.4) is 0 Å². The van der Waals surface area contributed by atoms with Gasteiger partial charge in [-0.2, -0.15) is 0 Å². The van der Waals surface area contributed by atoms with Gasteiger partial charge in [-0.25, -0.2) is 4.79 Å². The monoisotopic (exact) mass is 305 g/mol. The molecule has 2 fully saturated rings. The number of benzene rings is 1. The molecule has 1 amide bonds. The molecule has 0 saturated carbocycles. The lowest BCUT2D eigenvalue weighted by Crippen LogP contribution is -2.46. The molecule has 3 rings (SSSR count). The largest absolute Gasteiger partial charge is 0.459 e. The number of amides is 1.